The van der Waals surface area contributed by atoms with Crippen LogP contribution in [0.5, 0.6) is 17.5 Å². The highest BCUT2D eigenvalue weighted by Crippen LogP contribution is 2.27. The summed E-state index contributed by atoms with van der Waals surface area (Å²) in [6.45, 7) is 0.358. The summed E-state index contributed by atoms with van der Waals surface area (Å²) in [5.41, 5.74) is 0. The second-order valence-corrected chi connectivity index (χ2v) is 8.24. The molecule has 190 valence electrons. The highest BCUT2D eigenvalue weighted by Gasteiger charge is 2.31. The van der Waals surface area contributed by atoms with Crippen LogP contribution in [0.25, 0.3) is 0 Å². The lowest BCUT2D eigenvalue weighted by molar-refractivity contribution is -0.389. The third-order valence-corrected chi connectivity index (χ3v) is 5.59. The number of carbonyl (C=O) groups excluding carboxylic acids is 1. The zero-order valence-electron chi connectivity index (χ0n) is 18.6. The average Bonchev–Trinajstić information content (AvgIpc) is 3.25. The van der Waals surface area contributed by atoms with E-state index in [1.54, 1.807) is 12.1 Å². The molecule has 1 saturated heterocycles. The summed E-state index contributed by atoms with van der Waals surface area (Å²) >= 11 is 0. The van der Waals surface area contributed by atoms with Crippen molar-refractivity contribution in [3.05, 3.63) is 40.6 Å². The largest absolute Gasteiger partial charge is 0.490 e. The first kappa shape index (κ1) is 24.6. The van der Waals surface area contributed by atoms with Crippen molar-refractivity contribution in [1.29, 1.82) is 0 Å². The fourth-order valence-electron chi connectivity index (χ4n) is 3.92. The first-order valence-corrected chi connectivity index (χ1v) is 11.0. The lowest BCUT2D eigenvalue weighted by atomic mass is 10.1. The molecule has 0 saturated carbocycles. The number of nitrogens with one attached hydrogen (secondary N) is 1. The number of fused-ring (bicyclic) bond motifs is 1. The van der Waals surface area contributed by atoms with Crippen LogP contribution in [0.2, 0.25) is 0 Å². The number of ether oxygens (including phenoxy) is 3. The summed E-state index contributed by atoms with van der Waals surface area (Å²) in [6, 6.07) is 6.09. The highest BCUT2D eigenvalue weighted by atomic mass is 19.4. The maximum Gasteiger partial charge on any atom is 0.422 e. The molecule has 0 unspecified atom stereocenters. The number of alkyl halides is 3. The molecule has 1 fully saturated rings. The highest BCUT2D eigenvalue weighted by molar-refractivity contribution is 5.78. The van der Waals surface area contributed by atoms with Crippen LogP contribution < -0.4 is 19.5 Å². The molecule has 35 heavy (non-hydrogen) atoms. The standard InChI is InChI=1S/C21H24F3N5O6/c22-21(23,24)13-34-14-1-3-15(4-2-14)35-16-5-8-27(9-6-16)12-19(30)25-17-7-10-33-20-26-18(29(31)32)11-28(17)20/h1-4,11,16-17H,5-10,12-13H2,(H,25,30)/t17-/m0/s1. The van der Waals surface area contributed by atoms with Gasteiger partial charge in [-0.15, -0.1) is 0 Å². The first-order chi connectivity index (χ1) is 16.7. The second-order valence-electron chi connectivity index (χ2n) is 8.24. The van der Waals surface area contributed by atoms with Crippen molar-refractivity contribution in [3.63, 3.8) is 0 Å². The fraction of sp³-hybridized carbons (Fsp3) is 0.524. The number of imidazole rings is 1. The Morgan fingerprint density at radius 3 is 2.54 bits per heavy atom. The van der Waals surface area contributed by atoms with Crippen LogP contribution in [0.3, 0.4) is 0 Å². The lowest BCUT2D eigenvalue weighted by Gasteiger charge is -2.32. The zero-order valence-corrected chi connectivity index (χ0v) is 18.6. The van der Waals surface area contributed by atoms with Gasteiger partial charge in [0.2, 0.25) is 5.91 Å². The van der Waals surface area contributed by atoms with Crippen LogP contribution >= 0.6 is 0 Å². The molecular formula is C21H24F3N5O6. The van der Waals surface area contributed by atoms with E-state index in [1.807, 2.05) is 4.90 Å². The van der Waals surface area contributed by atoms with Gasteiger partial charge in [0, 0.05) is 24.5 Å². The summed E-state index contributed by atoms with van der Waals surface area (Å²) < 4.78 is 54.1. The number of carbonyl (C=O) groups is 1. The van der Waals surface area contributed by atoms with Gasteiger partial charge in [-0.3, -0.25) is 14.3 Å². The molecule has 2 aromatic rings. The van der Waals surface area contributed by atoms with E-state index in [0.29, 0.717) is 38.1 Å². The average molecular weight is 499 g/mol. The Kier molecular flexibility index (Phi) is 7.28. The van der Waals surface area contributed by atoms with E-state index in [-0.39, 0.29) is 42.7 Å². The van der Waals surface area contributed by atoms with Gasteiger partial charge < -0.3 is 29.6 Å². The Balaban J connectivity index is 1.21. The predicted octanol–water partition coefficient (Wildman–Crippen LogP) is 2.67. The normalized spacial score (nSPS) is 18.9. The van der Waals surface area contributed by atoms with Gasteiger partial charge in [0.25, 0.3) is 0 Å². The number of nitro groups is 1. The summed E-state index contributed by atoms with van der Waals surface area (Å²) in [4.78, 5) is 28.7. The summed E-state index contributed by atoms with van der Waals surface area (Å²) in [6.07, 6.45) is -1.89. The van der Waals surface area contributed by atoms with Crippen molar-refractivity contribution in [1.82, 2.24) is 19.8 Å². The fourth-order valence-corrected chi connectivity index (χ4v) is 3.92. The van der Waals surface area contributed by atoms with Gasteiger partial charge in [0.05, 0.1) is 13.2 Å². The third kappa shape index (κ3) is 6.74. The Morgan fingerprint density at radius 1 is 1.20 bits per heavy atom. The zero-order chi connectivity index (χ0) is 25.0. The molecule has 1 N–H and O–H groups in total. The van der Waals surface area contributed by atoms with Crippen LogP contribution in [-0.2, 0) is 4.79 Å². The van der Waals surface area contributed by atoms with Gasteiger partial charge in [-0.05, 0) is 42.0 Å². The van der Waals surface area contributed by atoms with Crippen molar-refractivity contribution in [3.8, 4) is 17.5 Å². The van der Waals surface area contributed by atoms with Crippen LogP contribution in [-0.4, -0.2) is 70.4 Å². The number of benzene rings is 1. The van der Waals surface area contributed by atoms with Gasteiger partial charge in [-0.1, -0.05) is 0 Å². The SMILES string of the molecule is O=C(CN1CCC(Oc2ccc(OCC(F)(F)F)cc2)CC1)N[C@@H]1CCOc2nc([N+](=O)[O-])cn21. The molecule has 0 bridgehead atoms. The Hall–Kier alpha value is -3.55. The molecule has 1 aromatic carbocycles. The Bertz CT molecular complexity index is 1040. The van der Waals surface area contributed by atoms with Crippen LogP contribution in [0.15, 0.2) is 30.5 Å². The van der Waals surface area contributed by atoms with Crippen molar-refractivity contribution in [2.75, 3.05) is 32.8 Å². The van der Waals surface area contributed by atoms with Gasteiger partial charge in [0.1, 0.15) is 30.0 Å². The Labute approximate surface area is 197 Å². The van der Waals surface area contributed by atoms with Gasteiger partial charge in [0.15, 0.2) is 6.61 Å². The van der Waals surface area contributed by atoms with Crippen LogP contribution in [0, 0.1) is 10.1 Å². The molecule has 11 nitrogen and oxygen atoms in total. The lowest BCUT2D eigenvalue weighted by Crippen LogP contribution is -2.45. The molecule has 1 aromatic heterocycles. The maximum atomic E-state index is 12.6. The van der Waals surface area contributed by atoms with E-state index in [2.05, 4.69) is 15.0 Å². The number of nitrogens with zero attached hydrogens (tertiary/aromatic N) is 4. The first-order valence-electron chi connectivity index (χ1n) is 11.0. The van der Waals surface area contributed by atoms with E-state index in [4.69, 9.17) is 9.47 Å². The molecule has 0 spiro atoms. The van der Waals surface area contributed by atoms with E-state index in [1.165, 1.54) is 22.9 Å². The quantitative estimate of drug-likeness (QED) is 0.435. The number of halogens is 3. The monoisotopic (exact) mass is 499 g/mol. The summed E-state index contributed by atoms with van der Waals surface area (Å²) in [7, 11) is 0. The number of piperidine rings is 1. The number of hydrogen-bond acceptors (Lipinski definition) is 8. The van der Waals surface area contributed by atoms with Gasteiger partial charge >= 0.3 is 18.0 Å². The molecule has 1 amide bonds. The van der Waals surface area contributed by atoms with E-state index in [0.717, 1.165) is 0 Å². The van der Waals surface area contributed by atoms with E-state index < -0.39 is 23.9 Å². The van der Waals surface area contributed by atoms with Crippen molar-refractivity contribution in [2.45, 2.75) is 37.7 Å². The molecule has 14 heteroatoms. The molecule has 3 heterocycles. The number of hydrogen-bond donors (Lipinski definition) is 1. The minimum Gasteiger partial charge on any atom is -0.490 e. The van der Waals surface area contributed by atoms with Crippen molar-refractivity contribution < 1.29 is 37.1 Å². The number of aromatic nitrogens is 2. The topological polar surface area (TPSA) is 121 Å². The predicted molar refractivity (Wildman–Crippen MR) is 114 cm³/mol. The van der Waals surface area contributed by atoms with Gasteiger partial charge in [-0.2, -0.15) is 13.2 Å². The molecule has 0 radical (unpaired) electrons. The minimum absolute atomic E-state index is 0.0826. The summed E-state index contributed by atoms with van der Waals surface area (Å²) in [5, 5.41) is 13.8. The smallest absolute Gasteiger partial charge is 0.422 e. The van der Waals surface area contributed by atoms with Crippen molar-refractivity contribution >= 4 is 11.7 Å². The molecule has 4 rings (SSSR count). The molecule has 2 aliphatic rings. The number of rotatable bonds is 8. The van der Waals surface area contributed by atoms with Gasteiger partial charge in [-0.25, -0.2) is 0 Å². The maximum absolute atomic E-state index is 12.6. The molecular weight excluding hydrogens is 475 g/mol. The Morgan fingerprint density at radius 2 is 1.89 bits per heavy atom. The second kappa shape index (κ2) is 10.4. The number of likely N-dealkylation sites (tertiary alicyclic amines) is 1. The van der Waals surface area contributed by atoms with E-state index >= 15 is 0 Å². The van der Waals surface area contributed by atoms with Crippen molar-refractivity contribution in [2.24, 2.45) is 0 Å². The molecule has 0 aliphatic carbocycles. The molecule has 1 atom stereocenters. The molecule has 2 aliphatic heterocycles. The third-order valence-electron chi connectivity index (χ3n) is 5.59. The van der Waals surface area contributed by atoms with Crippen LogP contribution in [0.1, 0.15) is 25.4 Å². The summed E-state index contributed by atoms with van der Waals surface area (Å²) in [5.74, 6) is 0.0856. The van der Waals surface area contributed by atoms with Crippen LogP contribution in [0.4, 0.5) is 19.0 Å². The minimum atomic E-state index is -4.39. The number of amides is 1. The van der Waals surface area contributed by atoms with E-state index in [9.17, 15) is 28.1 Å².